The molecule has 0 saturated carbocycles. The molecule has 1 aliphatic heterocycles. The Hall–Kier alpha value is -1.42. The van der Waals surface area contributed by atoms with Gasteiger partial charge < -0.3 is 10.6 Å². The molecule has 24 heavy (non-hydrogen) atoms. The van der Waals surface area contributed by atoms with Crippen LogP contribution in [0.5, 0.6) is 0 Å². The normalized spacial score (nSPS) is 19.8. The van der Waals surface area contributed by atoms with Gasteiger partial charge in [-0.3, -0.25) is 4.90 Å². The molecule has 3 nitrogen and oxygen atoms in total. The van der Waals surface area contributed by atoms with Crippen molar-refractivity contribution in [1.29, 1.82) is 0 Å². The molecule has 0 amide bonds. The fourth-order valence-electron chi connectivity index (χ4n) is 3.89. The van der Waals surface area contributed by atoms with E-state index in [1.54, 1.807) is 0 Å². The van der Waals surface area contributed by atoms with Crippen molar-refractivity contribution >= 4 is 10.8 Å². The van der Waals surface area contributed by atoms with Gasteiger partial charge in [0, 0.05) is 32.2 Å². The lowest BCUT2D eigenvalue weighted by Crippen LogP contribution is -2.53. The zero-order valence-electron chi connectivity index (χ0n) is 15.0. The summed E-state index contributed by atoms with van der Waals surface area (Å²) in [4.78, 5) is 5.27. The van der Waals surface area contributed by atoms with E-state index < -0.39 is 0 Å². The van der Waals surface area contributed by atoms with E-state index in [2.05, 4.69) is 59.2 Å². The Kier molecular flexibility index (Phi) is 6.24. The van der Waals surface area contributed by atoms with Crippen molar-refractivity contribution in [2.75, 3.05) is 39.3 Å². The Labute approximate surface area is 146 Å². The number of fused-ring (bicyclic) bond motifs is 1. The molecule has 1 atom stereocenters. The monoisotopic (exact) mass is 325 g/mol. The fourth-order valence-corrected chi connectivity index (χ4v) is 3.89. The van der Waals surface area contributed by atoms with Gasteiger partial charge in [-0.2, -0.15) is 0 Å². The first kappa shape index (κ1) is 17.4. The van der Waals surface area contributed by atoms with Gasteiger partial charge in [-0.1, -0.05) is 49.4 Å². The smallest absolute Gasteiger partial charge is 0.0224 e. The number of hydrogen-bond acceptors (Lipinski definition) is 3. The predicted molar refractivity (Wildman–Crippen MR) is 103 cm³/mol. The molecule has 3 rings (SSSR count). The van der Waals surface area contributed by atoms with Gasteiger partial charge in [0.1, 0.15) is 0 Å². The van der Waals surface area contributed by atoms with Crippen molar-refractivity contribution in [2.24, 2.45) is 5.73 Å². The van der Waals surface area contributed by atoms with E-state index in [-0.39, 0.29) is 0 Å². The number of rotatable bonds is 7. The van der Waals surface area contributed by atoms with Gasteiger partial charge in [-0.15, -0.1) is 0 Å². The molecule has 2 aromatic carbocycles. The lowest BCUT2D eigenvalue weighted by Gasteiger charge is -2.41. The molecule has 1 saturated heterocycles. The quantitative estimate of drug-likeness (QED) is 0.849. The number of likely N-dealkylation sites (N-methyl/N-ethyl adjacent to an activating group) is 1. The Balaban J connectivity index is 1.57. The average molecular weight is 326 g/mol. The second-order valence-corrected chi connectivity index (χ2v) is 6.95. The minimum absolute atomic E-state index is 0.684. The minimum Gasteiger partial charge on any atom is -0.330 e. The van der Waals surface area contributed by atoms with Crippen LogP contribution in [0.1, 0.15) is 25.3 Å². The second-order valence-electron chi connectivity index (χ2n) is 6.95. The summed E-state index contributed by atoms with van der Waals surface area (Å²) in [5.74, 6) is 0. The van der Waals surface area contributed by atoms with Crippen LogP contribution >= 0.6 is 0 Å². The summed E-state index contributed by atoms with van der Waals surface area (Å²) >= 11 is 0. The van der Waals surface area contributed by atoms with Crippen LogP contribution in [0.2, 0.25) is 0 Å². The summed E-state index contributed by atoms with van der Waals surface area (Å²) in [7, 11) is 0. The predicted octanol–water partition coefficient (Wildman–Crippen LogP) is 3.13. The minimum atomic E-state index is 0.684. The number of benzene rings is 2. The van der Waals surface area contributed by atoms with Gasteiger partial charge in [-0.25, -0.2) is 0 Å². The third kappa shape index (κ3) is 4.35. The van der Waals surface area contributed by atoms with Crippen LogP contribution in [-0.2, 0) is 6.42 Å². The first-order valence-electron chi connectivity index (χ1n) is 9.44. The number of piperazine rings is 1. The van der Waals surface area contributed by atoms with E-state index in [1.807, 2.05) is 0 Å². The maximum absolute atomic E-state index is 5.72. The van der Waals surface area contributed by atoms with Crippen LogP contribution in [0.15, 0.2) is 42.5 Å². The third-order valence-corrected chi connectivity index (χ3v) is 5.37. The average Bonchev–Trinajstić information content (AvgIpc) is 2.64. The van der Waals surface area contributed by atoms with Crippen molar-refractivity contribution in [2.45, 2.75) is 32.2 Å². The van der Waals surface area contributed by atoms with Gasteiger partial charge in [0.2, 0.25) is 0 Å². The third-order valence-electron chi connectivity index (χ3n) is 5.37. The zero-order valence-corrected chi connectivity index (χ0v) is 15.0. The van der Waals surface area contributed by atoms with Crippen molar-refractivity contribution in [3.8, 4) is 0 Å². The molecule has 2 N–H and O–H groups in total. The van der Waals surface area contributed by atoms with Crippen LogP contribution < -0.4 is 5.73 Å². The molecule has 0 aliphatic carbocycles. The first-order valence-corrected chi connectivity index (χ1v) is 9.44. The molecule has 1 fully saturated rings. The summed E-state index contributed by atoms with van der Waals surface area (Å²) in [6.45, 7) is 9.00. The van der Waals surface area contributed by atoms with Crippen molar-refractivity contribution in [3.05, 3.63) is 48.0 Å². The van der Waals surface area contributed by atoms with Crippen LogP contribution in [0, 0.1) is 0 Å². The van der Waals surface area contributed by atoms with Crippen molar-refractivity contribution < 1.29 is 0 Å². The molecule has 1 heterocycles. The van der Waals surface area contributed by atoms with Gasteiger partial charge >= 0.3 is 0 Å². The highest BCUT2D eigenvalue weighted by molar-refractivity contribution is 5.82. The highest BCUT2D eigenvalue weighted by Crippen LogP contribution is 2.18. The summed E-state index contributed by atoms with van der Waals surface area (Å²) < 4.78 is 0. The van der Waals surface area contributed by atoms with E-state index in [4.69, 9.17) is 5.73 Å². The Bertz CT molecular complexity index is 640. The fraction of sp³-hybridized carbons (Fsp3) is 0.524. The van der Waals surface area contributed by atoms with Crippen molar-refractivity contribution in [1.82, 2.24) is 9.80 Å². The molecule has 0 unspecified atom stereocenters. The first-order chi connectivity index (χ1) is 11.8. The standard InChI is InChI=1S/C21H31N3/c1-2-24-15-14-23(17-21(24)8-5-12-22)13-11-18-9-10-19-6-3-4-7-20(19)16-18/h3-4,6-7,9-10,16,21H,2,5,8,11-15,17,22H2,1H3/t21-/m0/s1. The van der Waals surface area contributed by atoms with Gasteiger partial charge in [0.05, 0.1) is 0 Å². The molecule has 1 aliphatic rings. The van der Waals surface area contributed by atoms with Crippen LogP contribution in [-0.4, -0.2) is 55.1 Å². The summed E-state index contributed by atoms with van der Waals surface area (Å²) in [6.07, 6.45) is 3.51. The number of hydrogen-bond donors (Lipinski definition) is 1. The molecule has 0 bridgehead atoms. The van der Waals surface area contributed by atoms with E-state index in [1.165, 1.54) is 42.4 Å². The lowest BCUT2D eigenvalue weighted by molar-refractivity contribution is 0.0738. The van der Waals surface area contributed by atoms with Gasteiger partial charge in [-0.05, 0) is 48.7 Å². The molecule has 3 heteroatoms. The summed E-state index contributed by atoms with van der Waals surface area (Å²) in [6, 6.07) is 16.2. The largest absolute Gasteiger partial charge is 0.330 e. The molecule has 0 radical (unpaired) electrons. The van der Waals surface area contributed by atoms with Crippen LogP contribution in [0.4, 0.5) is 0 Å². The number of nitrogens with zero attached hydrogens (tertiary/aromatic N) is 2. The van der Waals surface area contributed by atoms with E-state index in [0.717, 1.165) is 32.5 Å². The second kappa shape index (κ2) is 8.61. The lowest BCUT2D eigenvalue weighted by atomic mass is 10.0. The maximum Gasteiger partial charge on any atom is 0.0224 e. The van der Waals surface area contributed by atoms with Crippen molar-refractivity contribution in [3.63, 3.8) is 0 Å². The summed E-state index contributed by atoms with van der Waals surface area (Å²) in [5.41, 5.74) is 7.16. The molecule has 0 aromatic heterocycles. The summed E-state index contributed by atoms with van der Waals surface area (Å²) in [5, 5.41) is 2.69. The molecular weight excluding hydrogens is 294 g/mol. The Morgan fingerprint density at radius 3 is 2.71 bits per heavy atom. The molecule has 2 aromatic rings. The topological polar surface area (TPSA) is 32.5 Å². The zero-order chi connectivity index (χ0) is 16.8. The highest BCUT2D eigenvalue weighted by Gasteiger charge is 2.24. The molecule has 0 spiro atoms. The molecular formula is C21H31N3. The van der Waals surface area contributed by atoms with Crippen LogP contribution in [0.25, 0.3) is 10.8 Å². The Morgan fingerprint density at radius 1 is 1.08 bits per heavy atom. The SMILES string of the molecule is CCN1CCN(CCc2ccc3ccccc3c2)C[C@@H]1CCCN. The van der Waals surface area contributed by atoms with Gasteiger partial charge in [0.15, 0.2) is 0 Å². The van der Waals surface area contributed by atoms with E-state index in [9.17, 15) is 0 Å². The van der Waals surface area contributed by atoms with E-state index >= 15 is 0 Å². The van der Waals surface area contributed by atoms with Crippen LogP contribution in [0.3, 0.4) is 0 Å². The number of nitrogens with two attached hydrogens (primary N) is 1. The molecule has 130 valence electrons. The highest BCUT2D eigenvalue weighted by atomic mass is 15.3. The van der Waals surface area contributed by atoms with E-state index in [0.29, 0.717) is 6.04 Å². The van der Waals surface area contributed by atoms with Gasteiger partial charge in [0.25, 0.3) is 0 Å². The maximum atomic E-state index is 5.72. The Morgan fingerprint density at radius 2 is 1.92 bits per heavy atom.